The molecule has 0 atom stereocenters. The van der Waals surface area contributed by atoms with Crippen LogP contribution < -0.4 is 4.90 Å². The minimum absolute atomic E-state index is 0.00942. The summed E-state index contributed by atoms with van der Waals surface area (Å²) in [4.78, 5) is 24.0. The van der Waals surface area contributed by atoms with E-state index < -0.39 is 21.9 Å². The van der Waals surface area contributed by atoms with Gasteiger partial charge >= 0.3 is 12.1 Å². The van der Waals surface area contributed by atoms with Gasteiger partial charge in [0.2, 0.25) is 5.82 Å². The minimum atomic E-state index is -4.72. The highest BCUT2D eigenvalue weighted by Crippen LogP contribution is 2.29. The Kier molecular flexibility index (Phi) is 5.82. The van der Waals surface area contributed by atoms with Crippen molar-refractivity contribution in [2.24, 2.45) is 0 Å². The van der Waals surface area contributed by atoms with Gasteiger partial charge in [-0.25, -0.2) is 13.4 Å². The van der Waals surface area contributed by atoms with Gasteiger partial charge in [0.1, 0.15) is 5.82 Å². The van der Waals surface area contributed by atoms with Gasteiger partial charge in [-0.2, -0.15) is 18.2 Å². The number of nitrogens with zero attached hydrogens (tertiary/aromatic N) is 5. The molecule has 174 valence electrons. The minimum Gasteiger partial charge on any atom is -0.353 e. The van der Waals surface area contributed by atoms with E-state index in [-0.39, 0.29) is 27.8 Å². The summed E-state index contributed by atoms with van der Waals surface area (Å²) < 4.78 is 66.1. The topological polar surface area (TPSA) is 110 Å². The molecule has 1 saturated heterocycles. The predicted octanol–water partition coefficient (Wildman–Crippen LogP) is 2.52. The van der Waals surface area contributed by atoms with Gasteiger partial charge in [0.15, 0.2) is 9.84 Å². The third kappa shape index (κ3) is 4.82. The molecule has 1 fully saturated rings. The lowest BCUT2D eigenvalue weighted by molar-refractivity contribution is -0.159. The first kappa shape index (κ1) is 22.7. The summed E-state index contributed by atoms with van der Waals surface area (Å²) >= 11 is 0. The second-order valence-corrected chi connectivity index (χ2v) is 9.36. The van der Waals surface area contributed by atoms with Gasteiger partial charge in [-0.3, -0.25) is 4.79 Å². The molecule has 0 saturated carbocycles. The van der Waals surface area contributed by atoms with Gasteiger partial charge in [-0.15, -0.1) is 0 Å². The Morgan fingerprint density at radius 3 is 2.33 bits per heavy atom. The number of halogens is 3. The van der Waals surface area contributed by atoms with E-state index in [0.717, 1.165) is 6.26 Å². The van der Waals surface area contributed by atoms with E-state index in [9.17, 15) is 26.4 Å². The first-order valence-electron chi connectivity index (χ1n) is 9.74. The zero-order valence-electron chi connectivity index (χ0n) is 17.3. The number of hydrogen-bond donors (Lipinski definition) is 0. The number of carbonyl (C=O) groups excluding carboxylic acids is 1. The van der Waals surface area contributed by atoms with Crippen LogP contribution in [-0.4, -0.2) is 66.8 Å². The van der Waals surface area contributed by atoms with E-state index in [1.165, 1.54) is 24.4 Å². The Morgan fingerprint density at radius 2 is 1.76 bits per heavy atom. The first-order valence-corrected chi connectivity index (χ1v) is 11.6. The maximum atomic E-state index is 12.9. The van der Waals surface area contributed by atoms with Gasteiger partial charge in [0.25, 0.3) is 5.91 Å². The Bertz CT molecular complexity index is 1270. The second-order valence-electron chi connectivity index (χ2n) is 7.37. The molecule has 0 radical (unpaired) electrons. The number of aromatic nitrogens is 3. The highest BCUT2D eigenvalue weighted by Gasteiger charge is 2.38. The number of rotatable bonds is 4. The van der Waals surface area contributed by atoms with Crippen molar-refractivity contribution in [2.75, 3.05) is 37.3 Å². The third-order valence-corrected chi connectivity index (χ3v) is 6.24. The normalized spacial score (nSPS) is 15.0. The molecular formula is C20H18F3N5O4S. The Morgan fingerprint density at radius 1 is 1.06 bits per heavy atom. The average Bonchev–Trinajstić information content (AvgIpc) is 3.29. The lowest BCUT2D eigenvalue weighted by atomic mass is 10.1. The SMILES string of the molecule is CS(=O)(=O)c1ccccc1C(=O)N1CCN(c2ccc(-c3noc(C(F)(F)F)n3)cn2)CC1. The van der Waals surface area contributed by atoms with Crippen molar-refractivity contribution in [2.45, 2.75) is 11.1 Å². The van der Waals surface area contributed by atoms with Crippen molar-refractivity contribution in [1.29, 1.82) is 0 Å². The van der Waals surface area contributed by atoms with Crippen LogP contribution in [0, 0.1) is 0 Å². The average molecular weight is 481 g/mol. The number of hydrogen-bond acceptors (Lipinski definition) is 8. The lowest BCUT2D eigenvalue weighted by Crippen LogP contribution is -2.49. The molecule has 1 amide bonds. The molecule has 1 aliphatic heterocycles. The van der Waals surface area contributed by atoms with Crippen LogP contribution in [0.15, 0.2) is 52.0 Å². The molecule has 0 N–H and O–H groups in total. The van der Waals surface area contributed by atoms with Crippen molar-refractivity contribution in [1.82, 2.24) is 20.0 Å². The summed E-state index contributed by atoms with van der Waals surface area (Å²) in [7, 11) is -3.55. The van der Waals surface area contributed by atoms with Crippen LogP contribution >= 0.6 is 0 Å². The van der Waals surface area contributed by atoms with Gasteiger partial charge in [-0.1, -0.05) is 17.3 Å². The van der Waals surface area contributed by atoms with Gasteiger partial charge in [0, 0.05) is 44.2 Å². The zero-order chi connectivity index (χ0) is 23.8. The van der Waals surface area contributed by atoms with E-state index in [4.69, 9.17) is 0 Å². The number of amides is 1. The standard InChI is InChI=1S/C20H18F3N5O4S/c1-33(30,31)15-5-3-2-4-14(15)18(29)28-10-8-27(9-11-28)16-7-6-13(12-24-16)17-25-19(32-26-17)20(21,22)23/h2-7,12H,8-11H2,1H3. The van der Waals surface area contributed by atoms with Crippen molar-refractivity contribution in [3.05, 3.63) is 54.0 Å². The molecule has 33 heavy (non-hydrogen) atoms. The van der Waals surface area contributed by atoms with Gasteiger partial charge in [-0.05, 0) is 24.3 Å². The van der Waals surface area contributed by atoms with E-state index >= 15 is 0 Å². The number of piperazine rings is 1. The molecule has 2 aromatic heterocycles. The number of sulfone groups is 1. The summed E-state index contributed by atoms with van der Waals surface area (Å²) in [5.41, 5.74) is 0.401. The fourth-order valence-corrected chi connectivity index (χ4v) is 4.32. The number of benzene rings is 1. The van der Waals surface area contributed by atoms with E-state index in [1.54, 1.807) is 23.1 Å². The maximum Gasteiger partial charge on any atom is 0.471 e. The second kappa shape index (κ2) is 8.46. The fraction of sp³-hybridized carbons (Fsp3) is 0.300. The molecule has 0 bridgehead atoms. The lowest BCUT2D eigenvalue weighted by Gasteiger charge is -2.35. The number of pyridine rings is 1. The number of anilines is 1. The van der Waals surface area contributed by atoms with Crippen molar-refractivity contribution in [3.63, 3.8) is 0 Å². The molecule has 0 aliphatic carbocycles. The number of carbonyl (C=O) groups is 1. The largest absolute Gasteiger partial charge is 0.471 e. The van der Waals surface area contributed by atoms with Gasteiger partial charge < -0.3 is 14.3 Å². The molecule has 9 nitrogen and oxygen atoms in total. The van der Waals surface area contributed by atoms with Crippen LogP contribution in [-0.2, 0) is 16.0 Å². The summed E-state index contributed by atoms with van der Waals surface area (Å²) in [6.45, 7) is 1.58. The zero-order valence-corrected chi connectivity index (χ0v) is 18.1. The Balaban J connectivity index is 1.42. The van der Waals surface area contributed by atoms with Crippen LogP contribution in [0.2, 0.25) is 0 Å². The van der Waals surface area contributed by atoms with Crippen LogP contribution in [0.5, 0.6) is 0 Å². The third-order valence-electron chi connectivity index (χ3n) is 5.08. The predicted molar refractivity (Wildman–Crippen MR) is 110 cm³/mol. The van der Waals surface area contributed by atoms with E-state index in [1.807, 2.05) is 4.90 Å². The highest BCUT2D eigenvalue weighted by atomic mass is 32.2. The summed E-state index contributed by atoms with van der Waals surface area (Å²) in [6.07, 6.45) is -2.32. The Labute approximate surface area is 186 Å². The van der Waals surface area contributed by atoms with Crippen molar-refractivity contribution < 1.29 is 30.9 Å². The first-order chi connectivity index (χ1) is 15.5. The smallest absolute Gasteiger partial charge is 0.353 e. The van der Waals surface area contributed by atoms with E-state index in [2.05, 4.69) is 19.6 Å². The van der Waals surface area contributed by atoms with E-state index in [0.29, 0.717) is 32.0 Å². The van der Waals surface area contributed by atoms with Crippen molar-refractivity contribution >= 4 is 21.6 Å². The molecule has 4 rings (SSSR count). The number of alkyl halides is 3. The highest BCUT2D eigenvalue weighted by molar-refractivity contribution is 7.90. The van der Waals surface area contributed by atoms with Crippen LogP contribution in [0.25, 0.3) is 11.4 Å². The van der Waals surface area contributed by atoms with Crippen LogP contribution in [0.4, 0.5) is 19.0 Å². The Hall–Kier alpha value is -3.48. The molecule has 3 aromatic rings. The molecule has 3 heterocycles. The molecule has 1 aromatic carbocycles. The monoisotopic (exact) mass is 481 g/mol. The molecule has 0 unspecified atom stereocenters. The van der Waals surface area contributed by atoms with Gasteiger partial charge in [0.05, 0.1) is 10.5 Å². The molecule has 1 aliphatic rings. The maximum absolute atomic E-state index is 12.9. The summed E-state index contributed by atoms with van der Waals surface area (Å²) in [5.74, 6) is -1.44. The fourth-order valence-electron chi connectivity index (χ4n) is 3.44. The molecule has 13 heteroatoms. The molecular weight excluding hydrogens is 463 g/mol. The quantitative estimate of drug-likeness (QED) is 0.559. The summed E-state index contributed by atoms with van der Waals surface area (Å²) in [6, 6.07) is 9.24. The van der Waals surface area contributed by atoms with Crippen molar-refractivity contribution in [3.8, 4) is 11.4 Å². The van der Waals surface area contributed by atoms with Crippen LogP contribution in [0.1, 0.15) is 16.2 Å². The summed E-state index contributed by atoms with van der Waals surface area (Å²) in [5, 5.41) is 3.33. The van der Waals surface area contributed by atoms with Crippen LogP contribution in [0.3, 0.4) is 0 Å². The molecule has 0 spiro atoms.